The second kappa shape index (κ2) is 6.44. The summed E-state index contributed by atoms with van der Waals surface area (Å²) in [6, 6.07) is 0.570. The van der Waals surface area contributed by atoms with Crippen LogP contribution < -0.4 is 0 Å². The Balaban J connectivity index is 1.63. The van der Waals surface area contributed by atoms with Gasteiger partial charge in [-0.25, -0.2) is 0 Å². The van der Waals surface area contributed by atoms with Crippen LogP contribution in [0.5, 0.6) is 0 Å². The monoisotopic (exact) mass is 320 g/mol. The number of nitrogens with zero attached hydrogens (tertiary/aromatic N) is 4. The van der Waals surface area contributed by atoms with Crippen LogP contribution in [-0.4, -0.2) is 44.4 Å². The number of hydrogen-bond acceptors (Lipinski definition) is 4. The third-order valence-electron chi connectivity index (χ3n) is 4.07. The molecule has 0 aliphatic heterocycles. The van der Waals surface area contributed by atoms with Gasteiger partial charge in [0.15, 0.2) is 5.16 Å². The topological polar surface area (TPSA) is 51.0 Å². The Bertz CT molecular complexity index is 575. The molecule has 1 heterocycles. The van der Waals surface area contributed by atoms with Crippen molar-refractivity contribution in [2.75, 3.05) is 18.8 Å². The van der Waals surface area contributed by atoms with Crippen molar-refractivity contribution in [1.82, 2.24) is 19.7 Å². The third-order valence-corrected chi connectivity index (χ3v) is 4.99. The highest BCUT2D eigenvalue weighted by Gasteiger charge is 2.36. The summed E-state index contributed by atoms with van der Waals surface area (Å²) < 4.78 is 2.30. The molecule has 120 valence electrons. The minimum absolute atomic E-state index is 0.147. The molecule has 5 nitrogen and oxygen atoms in total. The smallest absolute Gasteiger partial charge is 0.233 e. The number of thioether (sulfide) groups is 1. The van der Waals surface area contributed by atoms with Gasteiger partial charge in [0, 0.05) is 25.0 Å². The minimum atomic E-state index is 0.147. The SMILES string of the molecule is C=C(C)CN(CC)C(=O)CSc1nnc(C2CC2)n1C1CC1. The molecule has 0 bridgehead atoms. The van der Waals surface area contributed by atoms with Crippen molar-refractivity contribution in [2.24, 2.45) is 0 Å². The maximum atomic E-state index is 12.3. The Morgan fingerprint density at radius 2 is 2.09 bits per heavy atom. The van der Waals surface area contributed by atoms with Crippen molar-refractivity contribution >= 4 is 17.7 Å². The van der Waals surface area contributed by atoms with Crippen LogP contribution in [0, 0.1) is 0 Å². The summed E-state index contributed by atoms with van der Waals surface area (Å²) in [5, 5.41) is 9.65. The fourth-order valence-corrected chi connectivity index (χ4v) is 3.52. The normalized spacial score (nSPS) is 17.5. The van der Waals surface area contributed by atoms with Crippen molar-refractivity contribution in [1.29, 1.82) is 0 Å². The van der Waals surface area contributed by atoms with E-state index >= 15 is 0 Å². The lowest BCUT2D eigenvalue weighted by Gasteiger charge is -2.20. The molecular weight excluding hydrogens is 296 g/mol. The summed E-state index contributed by atoms with van der Waals surface area (Å²) in [7, 11) is 0. The van der Waals surface area contributed by atoms with Crippen LogP contribution in [0.25, 0.3) is 0 Å². The quantitative estimate of drug-likeness (QED) is 0.546. The maximum absolute atomic E-state index is 12.3. The van der Waals surface area contributed by atoms with Crippen molar-refractivity contribution in [3.05, 3.63) is 18.0 Å². The van der Waals surface area contributed by atoms with Crippen LogP contribution in [-0.2, 0) is 4.79 Å². The van der Waals surface area contributed by atoms with E-state index in [0.717, 1.165) is 23.1 Å². The second-order valence-electron chi connectivity index (χ2n) is 6.37. The molecule has 22 heavy (non-hydrogen) atoms. The molecule has 0 atom stereocenters. The zero-order valence-electron chi connectivity index (χ0n) is 13.4. The molecular formula is C16H24N4OS. The predicted molar refractivity (Wildman–Crippen MR) is 88.1 cm³/mol. The molecule has 0 aromatic carbocycles. The molecule has 0 radical (unpaired) electrons. The third kappa shape index (κ3) is 3.54. The van der Waals surface area contributed by atoms with Gasteiger partial charge in [0.1, 0.15) is 5.82 Å². The van der Waals surface area contributed by atoms with E-state index in [0.29, 0.717) is 24.3 Å². The van der Waals surface area contributed by atoms with Gasteiger partial charge in [-0.2, -0.15) is 0 Å². The molecule has 6 heteroatoms. The average Bonchev–Trinajstić information content (AvgIpc) is 3.40. The van der Waals surface area contributed by atoms with Gasteiger partial charge < -0.3 is 9.47 Å². The van der Waals surface area contributed by atoms with Crippen molar-refractivity contribution in [2.45, 2.75) is 56.6 Å². The van der Waals surface area contributed by atoms with Gasteiger partial charge >= 0.3 is 0 Å². The highest BCUT2D eigenvalue weighted by atomic mass is 32.2. The van der Waals surface area contributed by atoms with Gasteiger partial charge in [-0.1, -0.05) is 23.9 Å². The Kier molecular flexibility index (Phi) is 4.57. The van der Waals surface area contributed by atoms with Gasteiger partial charge in [-0.15, -0.1) is 10.2 Å². The lowest BCUT2D eigenvalue weighted by molar-refractivity contribution is -0.127. The molecule has 0 saturated heterocycles. The van der Waals surface area contributed by atoms with Gasteiger partial charge in [-0.3, -0.25) is 4.79 Å². The summed E-state index contributed by atoms with van der Waals surface area (Å²) in [4.78, 5) is 14.2. The van der Waals surface area contributed by atoms with Gasteiger partial charge in [0.05, 0.1) is 5.75 Å². The minimum Gasteiger partial charge on any atom is -0.338 e. The first-order valence-corrected chi connectivity index (χ1v) is 9.08. The Morgan fingerprint density at radius 3 is 2.64 bits per heavy atom. The van der Waals surface area contributed by atoms with E-state index in [-0.39, 0.29) is 5.91 Å². The number of rotatable bonds is 8. The maximum Gasteiger partial charge on any atom is 0.233 e. The van der Waals surface area contributed by atoms with Crippen molar-refractivity contribution in [3.8, 4) is 0 Å². The first kappa shape index (κ1) is 15.6. The van der Waals surface area contributed by atoms with Gasteiger partial charge in [0.25, 0.3) is 0 Å². The van der Waals surface area contributed by atoms with Crippen molar-refractivity contribution in [3.63, 3.8) is 0 Å². The van der Waals surface area contributed by atoms with E-state index in [1.807, 2.05) is 18.7 Å². The summed E-state index contributed by atoms with van der Waals surface area (Å²) in [5.41, 5.74) is 1.01. The molecule has 3 rings (SSSR count). The lowest BCUT2D eigenvalue weighted by Crippen LogP contribution is -2.33. The van der Waals surface area contributed by atoms with Gasteiger partial charge in [-0.05, 0) is 39.5 Å². The van der Waals surface area contributed by atoms with Crippen LogP contribution >= 0.6 is 11.8 Å². The zero-order valence-corrected chi connectivity index (χ0v) is 14.2. The van der Waals surface area contributed by atoms with Crippen LogP contribution in [0.1, 0.15) is 57.3 Å². The summed E-state index contributed by atoms with van der Waals surface area (Å²) >= 11 is 1.53. The number of likely N-dealkylation sites (N-methyl/N-ethyl adjacent to an activating group) is 1. The largest absolute Gasteiger partial charge is 0.338 e. The van der Waals surface area contributed by atoms with Crippen LogP contribution in [0.3, 0.4) is 0 Å². The molecule has 0 N–H and O–H groups in total. The molecule has 0 unspecified atom stereocenters. The molecule has 2 aliphatic carbocycles. The van der Waals surface area contributed by atoms with Crippen molar-refractivity contribution < 1.29 is 4.79 Å². The average molecular weight is 320 g/mol. The van der Waals surface area contributed by atoms with E-state index in [9.17, 15) is 4.79 Å². The van der Waals surface area contributed by atoms with E-state index < -0.39 is 0 Å². The number of carbonyl (C=O) groups is 1. The first-order chi connectivity index (χ1) is 10.6. The fourth-order valence-electron chi connectivity index (χ4n) is 2.60. The zero-order chi connectivity index (χ0) is 15.7. The number of carbonyl (C=O) groups excluding carboxylic acids is 1. The second-order valence-corrected chi connectivity index (χ2v) is 7.31. The lowest BCUT2D eigenvalue weighted by atomic mass is 10.3. The van der Waals surface area contributed by atoms with Gasteiger partial charge in [0.2, 0.25) is 5.91 Å². The first-order valence-electron chi connectivity index (χ1n) is 8.10. The molecule has 2 fully saturated rings. The molecule has 2 saturated carbocycles. The highest BCUT2D eigenvalue weighted by molar-refractivity contribution is 7.99. The molecule has 0 spiro atoms. The number of amides is 1. The Morgan fingerprint density at radius 1 is 1.36 bits per heavy atom. The summed E-state index contributed by atoms with van der Waals surface area (Å²) in [5.74, 6) is 2.32. The number of aromatic nitrogens is 3. The van der Waals surface area contributed by atoms with E-state index in [2.05, 4.69) is 21.3 Å². The van der Waals surface area contributed by atoms with E-state index in [1.165, 1.54) is 37.4 Å². The highest BCUT2D eigenvalue weighted by Crippen LogP contribution is 2.45. The Hall–Kier alpha value is -1.30. The Labute approximate surface area is 136 Å². The van der Waals surface area contributed by atoms with Crippen LogP contribution in [0.15, 0.2) is 17.3 Å². The molecule has 1 aromatic rings. The predicted octanol–water partition coefficient (Wildman–Crippen LogP) is 3.01. The molecule has 1 amide bonds. The molecule has 1 aromatic heterocycles. The summed E-state index contributed by atoms with van der Waals surface area (Å²) in [6.45, 7) is 9.20. The van der Waals surface area contributed by atoms with Crippen LogP contribution in [0.4, 0.5) is 0 Å². The standard InChI is InChI=1S/C16H24N4OS/c1-4-19(9-11(2)3)14(21)10-22-16-18-17-15(12-5-6-12)20(16)13-7-8-13/h12-13H,2,4-10H2,1,3H3. The fraction of sp³-hybridized carbons (Fsp3) is 0.688. The van der Waals surface area contributed by atoms with Crippen LogP contribution in [0.2, 0.25) is 0 Å². The van der Waals surface area contributed by atoms with E-state index in [1.54, 1.807) is 0 Å². The number of hydrogen-bond donors (Lipinski definition) is 0. The summed E-state index contributed by atoms with van der Waals surface area (Å²) in [6.07, 6.45) is 4.90. The van der Waals surface area contributed by atoms with E-state index in [4.69, 9.17) is 0 Å². The molecule has 2 aliphatic rings.